The molecule has 2 aromatic heterocycles. The van der Waals surface area contributed by atoms with E-state index in [-0.39, 0.29) is 6.04 Å². The Bertz CT molecular complexity index is 595. The Balaban J connectivity index is 1.71. The summed E-state index contributed by atoms with van der Waals surface area (Å²) in [5.74, 6) is 1.58. The van der Waals surface area contributed by atoms with E-state index in [2.05, 4.69) is 38.0 Å². The standard InChI is InChI=1S/C14H19BrN4O2/c1-9(16)10-4-2-3-7-19(10)8-13-17-18-14(21-13)11-5-6-12(15)20-11/h5-6,9-10H,2-4,7-8,16H2,1H3. The molecule has 0 radical (unpaired) electrons. The van der Waals surface area contributed by atoms with Crippen molar-refractivity contribution in [1.82, 2.24) is 15.1 Å². The zero-order valence-electron chi connectivity index (χ0n) is 12.0. The first-order valence-electron chi connectivity index (χ1n) is 7.21. The largest absolute Gasteiger partial charge is 0.444 e. The number of piperidine rings is 1. The number of rotatable bonds is 4. The van der Waals surface area contributed by atoms with E-state index in [1.54, 1.807) is 12.1 Å². The maximum Gasteiger partial charge on any atom is 0.283 e. The highest BCUT2D eigenvalue weighted by Crippen LogP contribution is 2.25. The summed E-state index contributed by atoms with van der Waals surface area (Å²) in [6, 6.07) is 4.13. The number of hydrogen-bond donors (Lipinski definition) is 1. The van der Waals surface area contributed by atoms with Crippen LogP contribution >= 0.6 is 15.9 Å². The number of aromatic nitrogens is 2. The van der Waals surface area contributed by atoms with Gasteiger partial charge in [0.05, 0.1) is 6.54 Å². The first-order chi connectivity index (χ1) is 10.1. The lowest BCUT2D eigenvalue weighted by molar-refractivity contribution is 0.112. The van der Waals surface area contributed by atoms with Crippen molar-refractivity contribution in [3.05, 3.63) is 22.7 Å². The van der Waals surface area contributed by atoms with Crippen molar-refractivity contribution in [2.24, 2.45) is 5.73 Å². The van der Waals surface area contributed by atoms with Gasteiger partial charge in [0.15, 0.2) is 10.4 Å². The van der Waals surface area contributed by atoms with Crippen LogP contribution < -0.4 is 5.73 Å². The van der Waals surface area contributed by atoms with Gasteiger partial charge in [-0.25, -0.2) is 0 Å². The third-order valence-corrected chi connectivity index (χ3v) is 4.29. The molecule has 1 aliphatic rings. The Labute approximate surface area is 131 Å². The van der Waals surface area contributed by atoms with Gasteiger partial charge in [-0.2, -0.15) is 0 Å². The van der Waals surface area contributed by atoms with Crippen LogP contribution in [0.15, 0.2) is 25.6 Å². The van der Waals surface area contributed by atoms with Gasteiger partial charge in [0.2, 0.25) is 5.89 Å². The van der Waals surface area contributed by atoms with E-state index >= 15 is 0 Å². The maximum absolute atomic E-state index is 6.08. The van der Waals surface area contributed by atoms with Crippen LogP contribution in [0, 0.1) is 0 Å². The van der Waals surface area contributed by atoms with Crippen LogP contribution in [0.4, 0.5) is 0 Å². The van der Waals surface area contributed by atoms with Crippen molar-refractivity contribution in [2.45, 2.75) is 44.8 Å². The lowest BCUT2D eigenvalue weighted by atomic mass is 9.97. The molecule has 2 unspecified atom stereocenters. The lowest BCUT2D eigenvalue weighted by Gasteiger charge is -2.37. The van der Waals surface area contributed by atoms with Crippen LogP contribution in [0.5, 0.6) is 0 Å². The molecule has 114 valence electrons. The number of likely N-dealkylation sites (tertiary alicyclic amines) is 1. The molecule has 0 saturated carbocycles. The molecule has 1 saturated heterocycles. The predicted molar refractivity (Wildman–Crippen MR) is 81.4 cm³/mol. The molecule has 21 heavy (non-hydrogen) atoms. The Morgan fingerprint density at radius 2 is 2.24 bits per heavy atom. The number of nitrogens with two attached hydrogens (primary N) is 1. The monoisotopic (exact) mass is 354 g/mol. The first-order valence-corrected chi connectivity index (χ1v) is 8.00. The molecule has 1 aliphatic heterocycles. The van der Waals surface area contributed by atoms with E-state index in [1.807, 2.05) is 0 Å². The van der Waals surface area contributed by atoms with Crippen LogP contribution in [-0.4, -0.2) is 33.7 Å². The fourth-order valence-electron chi connectivity index (χ4n) is 2.83. The van der Waals surface area contributed by atoms with Gasteiger partial charge in [0.25, 0.3) is 5.89 Å². The van der Waals surface area contributed by atoms with Crippen molar-refractivity contribution < 1.29 is 8.83 Å². The fraction of sp³-hybridized carbons (Fsp3) is 0.571. The smallest absolute Gasteiger partial charge is 0.283 e. The summed E-state index contributed by atoms with van der Waals surface area (Å²) in [5, 5.41) is 8.16. The highest BCUT2D eigenvalue weighted by Gasteiger charge is 2.27. The lowest BCUT2D eigenvalue weighted by Crippen LogP contribution is -2.48. The van der Waals surface area contributed by atoms with Gasteiger partial charge in [0, 0.05) is 12.1 Å². The van der Waals surface area contributed by atoms with Gasteiger partial charge in [0.1, 0.15) is 0 Å². The van der Waals surface area contributed by atoms with Gasteiger partial charge >= 0.3 is 0 Å². The minimum absolute atomic E-state index is 0.147. The van der Waals surface area contributed by atoms with Crippen LogP contribution in [-0.2, 0) is 6.54 Å². The summed E-state index contributed by atoms with van der Waals surface area (Å²) in [6.07, 6.45) is 3.55. The zero-order chi connectivity index (χ0) is 14.8. The Morgan fingerprint density at radius 1 is 1.38 bits per heavy atom. The third-order valence-electron chi connectivity index (χ3n) is 3.86. The molecule has 1 fully saturated rings. The van der Waals surface area contributed by atoms with Gasteiger partial charge < -0.3 is 14.6 Å². The normalized spacial score (nSPS) is 21.6. The van der Waals surface area contributed by atoms with Crippen molar-refractivity contribution in [2.75, 3.05) is 6.54 Å². The van der Waals surface area contributed by atoms with Crippen LogP contribution in [0.2, 0.25) is 0 Å². The second-order valence-electron chi connectivity index (χ2n) is 5.50. The molecule has 0 amide bonds. The van der Waals surface area contributed by atoms with Crippen molar-refractivity contribution in [3.63, 3.8) is 0 Å². The maximum atomic E-state index is 6.08. The van der Waals surface area contributed by atoms with Crippen molar-refractivity contribution >= 4 is 15.9 Å². The number of halogens is 1. The molecular formula is C14H19BrN4O2. The molecule has 2 atom stereocenters. The predicted octanol–water partition coefficient (Wildman–Crippen LogP) is 2.79. The number of nitrogens with zero attached hydrogens (tertiary/aromatic N) is 3. The summed E-state index contributed by atoms with van der Waals surface area (Å²) in [6.45, 7) is 3.72. The summed E-state index contributed by atoms with van der Waals surface area (Å²) < 4.78 is 11.8. The highest BCUT2D eigenvalue weighted by molar-refractivity contribution is 9.10. The average molecular weight is 355 g/mol. The highest BCUT2D eigenvalue weighted by atomic mass is 79.9. The summed E-state index contributed by atoms with van der Waals surface area (Å²) in [7, 11) is 0. The average Bonchev–Trinajstić information content (AvgIpc) is 3.08. The molecule has 7 heteroatoms. The van der Waals surface area contributed by atoms with E-state index in [0.29, 0.717) is 34.8 Å². The molecule has 6 nitrogen and oxygen atoms in total. The van der Waals surface area contributed by atoms with E-state index < -0.39 is 0 Å². The second-order valence-corrected chi connectivity index (χ2v) is 6.28. The van der Waals surface area contributed by atoms with Gasteiger partial charge in [-0.15, -0.1) is 10.2 Å². The summed E-state index contributed by atoms with van der Waals surface area (Å²) in [5.41, 5.74) is 6.08. The number of furan rings is 1. The van der Waals surface area contributed by atoms with Gasteiger partial charge in [-0.3, -0.25) is 4.90 Å². The third kappa shape index (κ3) is 3.36. The van der Waals surface area contributed by atoms with Crippen LogP contribution in [0.25, 0.3) is 11.7 Å². The topological polar surface area (TPSA) is 81.3 Å². The number of hydrogen-bond acceptors (Lipinski definition) is 6. The molecule has 0 spiro atoms. The Morgan fingerprint density at radius 3 is 2.95 bits per heavy atom. The van der Waals surface area contributed by atoms with Crippen LogP contribution in [0.3, 0.4) is 0 Å². The SMILES string of the molecule is CC(N)C1CCCCN1Cc1nnc(-c2ccc(Br)o2)o1. The molecule has 2 N–H and O–H groups in total. The van der Waals surface area contributed by atoms with Gasteiger partial charge in [-0.05, 0) is 54.4 Å². The van der Waals surface area contributed by atoms with Crippen molar-refractivity contribution in [3.8, 4) is 11.7 Å². The first kappa shape index (κ1) is 14.7. The molecule has 3 heterocycles. The molecule has 3 rings (SSSR count). The minimum Gasteiger partial charge on any atom is -0.444 e. The Hall–Kier alpha value is -1.18. The van der Waals surface area contributed by atoms with E-state index in [1.165, 1.54) is 12.8 Å². The van der Waals surface area contributed by atoms with Gasteiger partial charge in [-0.1, -0.05) is 6.42 Å². The zero-order valence-corrected chi connectivity index (χ0v) is 13.5. The van der Waals surface area contributed by atoms with Crippen LogP contribution in [0.1, 0.15) is 32.1 Å². The van der Waals surface area contributed by atoms with E-state index in [4.69, 9.17) is 14.6 Å². The molecule has 0 bridgehead atoms. The second kappa shape index (κ2) is 6.29. The molecule has 2 aromatic rings. The minimum atomic E-state index is 0.147. The fourth-order valence-corrected chi connectivity index (χ4v) is 3.14. The van der Waals surface area contributed by atoms with E-state index in [9.17, 15) is 0 Å². The molecular weight excluding hydrogens is 336 g/mol. The summed E-state index contributed by atoms with van der Waals surface area (Å²) in [4.78, 5) is 2.34. The van der Waals surface area contributed by atoms with Crippen molar-refractivity contribution in [1.29, 1.82) is 0 Å². The van der Waals surface area contributed by atoms with E-state index in [0.717, 1.165) is 13.0 Å². The quantitative estimate of drug-likeness (QED) is 0.908. The molecule has 0 aromatic carbocycles. The molecule has 0 aliphatic carbocycles. The summed E-state index contributed by atoms with van der Waals surface area (Å²) >= 11 is 3.26. The Kier molecular flexibility index (Phi) is 4.42.